The van der Waals surface area contributed by atoms with Crippen molar-refractivity contribution in [1.29, 1.82) is 0 Å². The third-order valence-corrected chi connectivity index (χ3v) is 3.29. The number of hydrogen-bond donors (Lipinski definition) is 3. The molecule has 0 radical (unpaired) electrons. The van der Waals surface area contributed by atoms with Gasteiger partial charge in [-0.3, -0.25) is 19.5 Å². The Bertz CT molecular complexity index is 829. The number of carbonyl (C=O) groups excluding carboxylic acids is 1. The van der Waals surface area contributed by atoms with E-state index in [4.69, 9.17) is 5.73 Å². The SMILES string of the molecule is NCC(F)(F)CNC(=O)CCn1[nH]c(=O)c2ccccc2c1=O. The van der Waals surface area contributed by atoms with Crippen LogP contribution in [0.4, 0.5) is 8.78 Å². The quantitative estimate of drug-likeness (QED) is 0.682. The van der Waals surface area contributed by atoms with Crippen LogP contribution in [0.3, 0.4) is 0 Å². The zero-order valence-electron chi connectivity index (χ0n) is 12.1. The highest BCUT2D eigenvalue weighted by molar-refractivity contribution is 5.80. The second-order valence-corrected chi connectivity index (χ2v) is 5.03. The van der Waals surface area contributed by atoms with Gasteiger partial charge < -0.3 is 11.1 Å². The van der Waals surface area contributed by atoms with Crippen molar-refractivity contribution >= 4 is 16.7 Å². The normalized spacial score (nSPS) is 11.6. The average Bonchev–Trinajstić information content (AvgIpc) is 2.55. The molecule has 9 heteroatoms. The van der Waals surface area contributed by atoms with Gasteiger partial charge in [-0.25, -0.2) is 13.5 Å². The summed E-state index contributed by atoms with van der Waals surface area (Å²) < 4.78 is 26.8. The Kier molecular flexibility index (Phi) is 4.89. The first kappa shape index (κ1) is 16.8. The van der Waals surface area contributed by atoms with Crippen LogP contribution in [-0.2, 0) is 11.3 Å². The number of benzene rings is 1. The van der Waals surface area contributed by atoms with Crippen molar-refractivity contribution in [3.05, 3.63) is 45.0 Å². The lowest BCUT2D eigenvalue weighted by Crippen LogP contribution is -2.42. The number of rotatable bonds is 6. The first-order valence-electron chi connectivity index (χ1n) is 6.90. The Balaban J connectivity index is 2.08. The lowest BCUT2D eigenvalue weighted by atomic mass is 10.2. The van der Waals surface area contributed by atoms with E-state index in [2.05, 4.69) is 5.10 Å². The van der Waals surface area contributed by atoms with Gasteiger partial charge in [0.1, 0.15) is 0 Å². The highest BCUT2D eigenvalue weighted by atomic mass is 19.3. The number of fused-ring (bicyclic) bond motifs is 1. The maximum Gasteiger partial charge on any atom is 0.277 e. The molecule has 124 valence electrons. The molecule has 1 aromatic carbocycles. The Morgan fingerprint density at radius 2 is 1.91 bits per heavy atom. The number of aromatic nitrogens is 2. The lowest BCUT2D eigenvalue weighted by Gasteiger charge is -2.14. The lowest BCUT2D eigenvalue weighted by molar-refractivity contribution is -0.123. The Morgan fingerprint density at radius 3 is 2.57 bits per heavy atom. The van der Waals surface area contributed by atoms with Crippen molar-refractivity contribution in [3.8, 4) is 0 Å². The number of nitrogens with zero attached hydrogens (tertiary/aromatic N) is 1. The van der Waals surface area contributed by atoms with Gasteiger partial charge in [0.15, 0.2) is 0 Å². The zero-order valence-corrected chi connectivity index (χ0v) is 12.1. The molecule has 1 amide bonds. The van der Waals surface area contributed by atoms with Crippen molar-refractivity contribution in [3.63, 3.8) is 0 Å². The van der Waals surface area contributed by atoms with Crippen LogP contribution < -0.4 is 22.2 Å². The van der Waals surface area contributed by atoms with Crippen molar-refractivity contribution in [2.75, 3.05) is 13.1 Å². The second-order valence-electron chi connectivity index (χ2n) is 5.03. The van der Waals surface area contributed by atoms with Gasteiger partial charge in [-0.1, -0.05) is 12.1 Å². The largest absolute Gasteiger partial charge is 0.350 e. The molecular weight excluding hydrogens is 310 g/mol. The fourth-order valence-electron chi connectivity index (χ4n) is 2.01. The summed E-state index contributed by atoms with van der Waals surface area (Å²) in [7, 11) is 0. The highest BCUT2D eigenvalue weighted by Crippen LogP contribution is 2.08. The minimum absolute atomic E-state index is 0.126. The second kappa shape index (κ2) is 6.69. The van der Waals surface area contributed by atoms with Crippen LogP contribution in [0.1, 0.15) is 6.42 Å². The highest BCUT2D eigenvalue weighted by Gasteiger charge is 2.27. The smallest absolute Gasteiger partial charge is 0.277 e. The number of nitrogens with one attached hydrogen (secondary N) is 2. The van der Waals surface area contributed by atoms with E-state index in [0.717, 1.165) is 4.68 Å². The molecule has 4 N–H and O–H groups in total. The van der Waals surface area contributed by atoms with Crippen LogP contribution in [0.5, 0.6) is 0 Å². The van der Waals surface area contributed by atoms with Gasteiger partial charge in [0.25, 0.3) is 17.0 Å². The molecule has 0 aliphatic carbocycles. The van der Waals surface area contributed by atoms with E-state index in [9.17, 15) is 23.2 Å². The topological polar surface area (TPSA) is 110 Å². The molecular formula is C14H16F2N4O3. The number of H-pyrrole nitrogens is 1. The Hall–Kier alpha value is -2.55. The molecule has 1 aromatic heterocycles. The minimum Gasteiger partial charge on any atom is -0.350 e. The summed E-state index contributed by atoms with van der Waals surface area (Å²) >= 11 is 0. The van der Waals surface area contributed by atoms with Crippen molar-refractivity contribution in [2.45, 2.75) is 18.9 Å². The van der Waals surface area contributed by atoms with Crippen molar-refractivity contribution < 1.29 is 13.6 Å². The van der Waals surface area contributed by atoms with E-state index in [1.54, 1.807) is 12.1 Å². The number of aryl methyl sites for hydroxylation is 1. The summed E-state index contributed by atoms with van der Waals surface area (Å²) in [6, 6.07) is 6.27. The van der Waals surface area contributed by atoms with Gasteiger partial charge in [0.05, 0.1) is 30.4 Å². The molecule has 0 saturated heterocycles. The monoisotopic (exact) mass is 326 g/mol. The van der Waals surface area contributed by atoms with Crippen LogP contribution in [-0.4, -0.2) is 34.7 Å². The van der Waals surface area contributed by atoms with Gasteiger partial charge in [-0.15, -0.1) is 0 Å². The van der Waals surface area contributed by atoms with Crippen LogP contribution >= 0.6 is 0 Å². The molecule has 0 bridgehead atoms. The van der Waals surface area contributed by atoms with E-state index in [0.29, 0.717) is 0 Å². The number of aromatic amines is 1. The summed E-state index contributed by atoms with van der Waals surface area (Å²) in [6.07, 6.45) is -0.227. The zero-order chi connectivity index (χ0) is 17.0. The van der Waals surface area contributed by atoms with Gasteiger partial charge >= 0.3 is 0 Å². The molecule has 0 aliphatic rings. The number of halogens is 2. The first-order chi connectivity index (χ1) is 10.8. The minimum atomic E-state index is -3.18. The first-order valence-corrected chi connectivity index (χ1v) is 6.90. The van der Waals surface area contributed by atoms with E-state index in [1.807, 2.05) is 5.32 Å². The average molecular weight is 326 g/mol. The fourth-order valence-corrected chi connectivity index (χ4v) is 2.01. The van der Waals surface area contributed by atoms with Crippen LogP contribution in [0.2, 0.25) is 0 Å². The van der Waals surface area contributed by atoms with E-state index >= 15 is 0 Å². The Labute approximate surface area is 129 Å². The molecule has 0 fully saturated rings. The molecule has 1 heterocycles. The van der Waals surface area contributed by atoms with E-state index in [1.165, 1.54) is 12.1 Å². The maximum absolute atomic E-state index is 12.9. The molecule has 2 rings (SSSR count). The van der Waals surface area contributed by atoms with Gasteiger partial charge in [0, 0.05) is 6.42 Å². The predicted molar refractivity (Wildman–Crippen MR) is 80.5 cm³/mol. The van der Waals surface area contributed by atoms with Crippen LogP contribution in [0.15, 0.2) is 33.9 Å². The van der Waals surface area contributed by atoms with E-state index in [-0.39, 0.29) is 23.7 Å². The summed E-state index contributed by atoms with van der Waals surface area (Å²) in [5.41, 5.74) is 3.94. The van der Waals surface area contributed by atoms with E-state index < -0.39 is 36.0 Å². The summed E-state index contributed by atoms with van der Waals surface area (Å²) in [5, 5.41) is 4.88. The van der Waals surface area contributed by atoms with Gasteiger partial charge in [-0.2, -0.15) is 0 Å². The molecule has 0 saturated carbocycles. The number of amides is 1. The molecule has 0 atom stereocenters. The third-order valence-electron chi connectivity index (χ3n) is 3.29. The summed E-state index contributed by atoms with van der Waals surface area (Å²) in [6.45, 7) is -1.87. The van der Waals surface area contributed by atoms with Crippen LogP contribution in [0, 0.1) is 0 Å². The molecule has 0 aliphatic heterocycles. The molecule has 7 nitrogen and oxygen atoms in total. The number of nitrogens with two attached hydrogens (primary N) is 1. The number of carbonyl (C=O) groups is 1. The van der Waals surface area contributed by atoms with Crippen molar-refractivity contribution in [1.82, 2.24) is 15.1 Å². The fraction of sp³-hybridized carbons (Fsp3) is 0.357. The van der Waals surface area contributed by atoms with Gasteiger partial charge in [0.2, 0.25) is 5.91 Å². The van der Waals surface area contributed by atoms with Crippen molar-refractivity contribution in [2.24, 2.45) is 5.73 Å². The third kappa shape index (κ3) is 4.01. The molecule has 2 aromatic rings. The maximum atomic E-state index is 12.9. The summed E-state index contributed by atoms with van der Waals surface area (Å²) in [4.78, 5) is 35.6. The Morgan fingerprint density at radius 1 is 1.26 bits per heavy atom. The number of hydrogen-bond acceptors (Lipinski definition) is 4. The molecule has 0 spiro atoms. The standard InChI is InChI=1S/C14H16F2N4O3/c15-14(16,7-17)8-18-11(21)5-6-20-13(23)10-4-2-1-3-9(10)12(22)19-20/h1-4H,5-8,17H2,(H,18,21)(H,19,22). The molecule has 0 unspecified atom stereocenters. The summed E-state index contributed by atoms with van der Waals surface area (Å²) in [5.74, 6) is -3.84. The van der Waals surface area contributed by atoms with Crippen LogP contribution in [0.25, 0.3) is 10.8 Å². The molecule has 23 heavy (non-hydrogen) atoms. The van der Waals surface area contributed by atoms with Gasteiger partial charge in [-0.05, 0) is 12.1 Å². The number of alkyl halides is 2. The predicted octanol–water partition coefficient (Wildman–Crippen LogP) is -0.210.